The van der Waals surface area contributed by atoms with Crippen LogP contribution in [0.15, 0.2) is 119 Å². The largest absolute Gasteiger partial charge is 0.748 e. The van der Waals surface area contributed by atoms with Crippen molar-refractivity contribution < 1.29 is 35.1 Å². The van der Waals surface area contributed by atoms with E-state index in [0.29, 0.717) is 46.0 Å². The highest BCUT2D eigenvalue weighted by Crippen LogP contribution is 2.42. The molecule has 242 valence electrons. The second-order valence-corrected chi connectivity index (χ2v) is 14.2. The number of nitrogens with zero attached hydrogens (tertiary/aromatic N) is 1. The van der Waals surface area contributed by atoms with Crippen molar-refractivity contribution in [3.8, 4) is 28.0 Å². The molecular weight excluding hydrogens is 639 g/mol. The van der Waals surface area contributed by atoms with E-state index in [1.807, 2.05) is 97.9 Å². The van der Waals surface area contributed by atoms with Gasteiger partial charge in [-0.15, -0.1) is 0 Å². The molecule has 0 amide bonds. The molecule has 1 aromatic heterocycles. The maximum absolute atomic E-state index is 11.7. The fourth-order valence-electron chi connectivity index (χ4n) is 5.60. The van der Waals surface area contributed by atoms with Gasteiger partial charge >= 0.3 is 0 Å². The average molecular weight is 670 g/mol. The Balaban J connectivity index is 1.42. The van der Waals surface area contributed by atoms with Gasteiger partial charge in [-0.25, -0.2) is 16.8 Å². The number of hydrogen-bond donors (Lipinski definition) is 0. The highest BCUT2D eigenvalue weighted by molar-refractivity contribution is 7.85. The van der Waals surface area contributed by atoms with E-state index in [-0.39, 0.29) is 13.0 Å². The third-order valence-electron chi connectivity index (χ3n) is 7.97. The summed E-state index contributed by atoms with van der Waals surface area (Å²) in [4.78, 5) is 1.66. The van der Waals surface area contributed by atoms with E-state index < -0.39 is 31.7 Å². The SMILES string of the molecule is CCC(=C/c1oc2ccc(-c3ccccc3)cc2c1CCS(=O)(=O)[O-])/C=C1/Oc2ccc(-c3ccccc3)cc2N1CCS(=O)(=O)[O-]. The number of furan rings is 1. The van der Waals surface area contributed by atoms with Gasteiger partial charge in [0.2, 0.25) is 5.88 Å². The van der Waals surface area contributed by atoms with Crippen LogP contribution >= 0.6 is 0 Å². The molecule has 47 heavy (non-hydrogen) atoms. The first-order chi connectivity index (χ1) is 22.5. The first-order valence-electron chi connectivity index (χ1n) is 15.0. The zero-order valence-electron chi connectivity index (χ0n) is 25.5. The first kappa shape index (κ1) is 32.3. The monoisotopic (exact) mass is 669 g/mol. The minimum absolute atomic E-state index is 0.0475. The minimum atomic E-state index is -4.52. The minimum Gasteiger partial charge on any atom is -0.748 e. The Morgan fingerprint density at radius 3 is 2.00 bits per heavy atom. The molecule has 0 unspecified atom stereocenters. The second kappa shape index (κ2) is 13.2. The second-order valence-electron chi connectivity index (χ2n) is 11.2. The molecule has 1 aliphatic heterocycles. The Bertz CT molecular complexity index is 2210. The number of rotatable bonds is 11. The summed E-state index contributed by atoms with van der Waals surface area (Å²) < 4.78 is 82.4. The van der Waals surface area contributed by atoms with Gasteiger partial charge in [-0.2, -0.15) is 0 Å². The molecule has 4 aromatic carbocycles. The van der Waals surface area contributed by atoms with Crippen LogP contribution in [0.4, 0.5) is 5.69 Å². The number of hydrogen-bond acceptors (Lipinski definition) is 9. The maximum Gasteiger partial charge on any atom is 0.200 e. The third kappa shape index (κ3) is 7.66. The average Bonchev–Trinajstić information content (AvgIpc) is 3.58. The lowest BCUT2D eigenvalue weighted by Crippen LogP contribution is -2.27. The molecule has 0 atom stereocenters. The summed E-state index contributed by atoms with van der Waals surface area (Å²) >= 11 is 0. The van der Waals surface area contributed by atoms with Gasteiger partial charge in [0.1, 0.15) is 11.3 Å². The van der Waals surface area contributed by atoms with Gasteiger partial charge in [-0.3, -0.25) is 0 Å². The fraction of sp³-hybridized carbons (Fsp3) is 0.167. The number of aryl methyl sites for hydroxylation is 1. The van der Waals surface area contributed by atoms with Gasteiger partial charge in [0.15, 0.2) is 5.75 Å². The van der Waals surface area contributed by atoms with Crippen LogP contribution in [-0.4, -0.2) is 44.0 Å². The topological polar surface area (TPSA) is 140 Å². The van der Waals surface area contributed by atoms with E-state index in [4.69, 9.17) is 9.15 Å². The molecule has 0 spiro atoms. The van der Waals surface area contributed by atoms with Crippen LogP contribution in [0.2, 0.25) is 0 Å². The third-order valence-corrected chi connectivity index (χ3v) is 9.35. The molecule has 0 radical (unpaired) electrons. The Kier molecular flexibility index (Phi) is 9.07. The normalized spacial score (nSPS) is 14.5. The lowest BCUT2D eigenvalue weighted by molar-refractivity contribution is 0.436. The Labute approximate surface area is 273 Å². The molecule has 0 N–H and O–H groups in total. The number of benzene rings is 4. The highest BCUT2D eigenvalue weighted by atomic mass is 32.2. The van der Waals surface area contributed by atoms with E-state index >= 15 is 0 Å². The van der Waals surface area contributed by atoms with Crippen molar-refractivity contribution in [2.24, 2.45) is 0 Å². The van der Waals surface area contributed by atoms with Crippen LogP contribution in [0.5, 0.6) is 5.75 Å². The highest BCUT2D eigenvalue weighted by Gasteiger charge is 2.27. The number of anilines is 1. The summed E-state index contributed by atoms with van der Waals surface area (Å²) in [7, 11) is -9.03. The standard InChI is InChI=1S/C36H33NO8S2/c1-2-25(21-35-30(17-19-46(38,39)40)31-23-28(13-15-33(31)44-35)26-9-5-3-6-10-26)22-36-37(18-20-47(41,42)43)32-24-29(14-16-34(32)45-36)27-11-7-4-8-12-27/h3-16,21-24H,2,17-20H2,1H3,(H,38,39,40)(H,41,42,43)/p-2/b25-21-,36-22+. The van der Waals surface area contributed by atoms with Crippen LogP contribution in [0.1, 0.15) is 24.7 Å². The summed E-state index contributed by atoms with van der Waals surface area (Å²) in [5, 5.41) is 0.699. The Hall–Kier alpha value is -4.68. The maximum atomic E-state index is 11.7. The summed E-state index contributed by atoms with van der Waals surface area (Å²) in [6, 6.07) is 30.7. The zero-order chi connectivity index (χ0) is 33.2. The number of fused-ring (bicyclic) bond motifs is 2. The predicted octanol–water partition coefficient (Wildman–Crippen LogP) is 6.93. The molecule has 0 aliphatic carbocycles. The summed E-state index contributed by atoms with van der Waals surface area (Å²) in [5.41, 5.74) is 6.21. The van der Waals surface area contributed by atoms with Crippen molar-refractivity contribution in [2.45, 2.75) is 19.8 Å². The molecule has 2 heterocycles. The van der Waals surface area contributed by atoms with E-state index in [9.17, 15) is 25.9 Å². The summed E-state index contributed by atoms with van der Waals surface area (Å²) in [5.74, 6) is 0.00863. The molecule has 0 fully saturated rings. The summed E-state index contributed by atoms with van der Waals surface area (Å²) in [6.07, 6.45) is 3.97. The molecule has 1 aliphatic rings. The van der Waals surface area contributed by atoms with Gasteiger partial charge < -0.3 is 23.2 Å². The van der Waals surface area contributed by atoms with Crippen molar-refractivity contribution >= 4 is 43.0 Å². The fourth-order valence-corrected chi connectivity index (χ4v) is 6.46. The van der Waals surface area contributed by atoms with Gasteiger partial charge in [-0.05, 0) is 71.0 Å². The molecule has 5 aromatic rings. The molecule has 6 rings (SSSR count). The number of ether oxygens (including phenoxy) is 1. The van der Waals surface area contributed by atoms with Crippen LogP contribution in [-0.2, 0) is 26.7 Å². The van der Waals surface area contributed by atoms with Crippen LogP contribution < -0.4 is 9.64 Å². The van der Waals surface area contributed by atoms with Crippen molar-refractivity contribution in [1.29, 1.82) is 0 Å². The molecule has 0 saturated carbocycles. The van der Waals surface area contributed by atoms with E-state index in [1.165, 1.54) is 0 Å². The van der Waals surface area contributed by atoms with Crippen LogP contribution in [0.3, 0.4) is 0 Å². The van der Waals surface area contributed by atoms with Crippen molar-refractivity contribution in [1.82, 2.24) is 0 Å². The molecule has 11 heteroatoms. The number of allylic oxidation sites excluding steroid dienone is 2. The summed E-state index contributed by atoms with van der Waals surface area (Å²) in [6.45, 7) is 1.79. The zero-order valence-corrected chi connectivity index (χ0v) is 27.1. The molecular formula is C36H31NO8S2-2. The van der Waals surface area contributed by atoms with Crippen LogP contribution in [0, 0.1) is 0 Å². The van der Waals surface area contributed by atoms with Crippen molar-refractivity contribution in [3.05, 3.63) is 126 Å². The van der Waals surface area contributed by atoms with Crippen LogP contribution in [0.25, 0.3) is 39.3 Å². The molecule has 0 saturated heterocycles. The first-order valence-corrected chi connectivity index (χ1v) is 18.2. The van der Waals surface area contributed by atoms with E-state index in [2.05, 4.69) is 0 Å². The predicted molar refractivity (Wildman–Crippen MR) is 181 cm³/mol. The Morgan fingerprint density at radius 1 is 0.766 bits per heavy atom. The molecule has 0 bridgehead atoms. The van der Waals surface area contributed by atoms with Gasteiger partial charge in [0, 0.05) is 29.3 Å². The lowest BCUT2D eigenvalue weighted by atomic mass is 10.0. The van der Waals surface area contributed by atoms with Gasteiger partial charge in [0.05, 0.1) is 31.7 Å². The van der Waals surface area contributed by atoms with Gasteiger partial charge in [-0.1, -0.05) is 79.7 Å². The van der Waals surface area contributed by atoms with Crippen molar-refractivity contribution in [3.63, 3.8) is 0 Å². The Morgan fingerprint density at radius 2 is 1.38 bits per heavy atom. The van der Waals surface area contributed by atoms with Crippen molar-refractivity contribution in [2.75, 3.05) is 23.0 Å². The smallest absolute Gasteiger partial charge is 0.200 e. The quantitative estimate of drug-likeness (QED) is 0.137. The van der Waals surface area contributed by atoms with E-state index in [0.717, 1.165) is 27.8 Å². The lowest BCUT2D eigenvalue weighted by Gasteiger charge is -2.20. The molecule has 9 nitrogen and oxygen atoms in total. The van der Waals surface area contributed by atoms with E-state index in [1.54, 1.807) is 23.1 Å². The van der Waals surface area contributed by atoms with Gasteiger partial charge in [0.25, 0.3) is 0 Å².